The third-order valence-electron chi connectivity index (χ3n) is 13.8. The molecule has 0 bridgehead atoms. The molecule has 6 heteroatoms. The maximum atomic E-state index is 12.9. The van der Waals surface area contributed by atoms with Crippen molar-refractivity contribution in [1.82, 2.24) is 9.80 Å². The zero-order valence-electron chi connectivity index (χ0n) is 26.0. The molecule has 41 heavy (non-hydrogen) atoms. The molecule has 2 aliphatic heterocycles. The van der Waals surface area contributed by atoms with Crippen LogP contribution in [0.3, 0.4) is 0 Å². The monoisotopic (exact) mass is 568 g/mol. The molecule has 2 saturated heterocycles. The summed E-state index contributed by atoms with van der Waals surface area (Å²) in [7, 11) is 0. The first kappa shape index (κ1) is 28.8. The summed E-state index contributed by atoms with van der Waals surface area (Å²) in [6.07, 6.45) is 19.4. The van der Waals surface area contributed by atoms with E-state index >= 15 is 0 Å². The van der Waals surface area contributed by atoms with E-state index in [0.717, 1.165) is 63.5 Å². The largest absolute Gasteiger partial charge is 0.472 e. The fourth-order valence-corrected chi connectivity index (χ4v) is 11.3. The van der Waals surface area contributed by atoms with E-state index in [0.29, 0.717) is 23.4 Å². The molecule has 8 atom stereocenters. The van der Waals surface area contributed by atoms with Crippen LogP contribution in [0.4, 0.5) is 0 Å². The molecule has 4 saturated carbocycles. The lowest BCUT2D eigenvalue weighted by atomic mass is 9.43. The highest BCUT2D eigenvalue weighted by atomic mass is 16.5. The van der Waals surface area contributed by atoms with Crippen LogP contribution in [0, 0.1) is 28.6 Å². The van der Waals surface area contributed by atoms with Crippen LogP contribution < -0.4 is 0 Å². The summed E-state index contributed by atoms with van der Waals surface area (Å²) in [6.45, 7) is 13.6. The number of ether oxygens (including phenoxy) is 2. The Hall–Kier alpha value is -0.920. The maximum absolute atomic E-state index is 12.9. The van der Waals surface area contributed by atoms with E-state index in [2.05, 4.69) is 29.7 Å². The predicted molar refractivity (Wildman–Crippen MR) is 161 cm³/mol. The highest BCUT2D eigenvalue weighted by Gasteiger charge is 2.73. The standard InChI is InChI=1S/C35H56N2O4/c1-32-12-9-29(40-23-20-36-16-3-4-17-36)25-27(32)7-8-31-30(32)10-13-33(2)34(31,38)14-15-35(33,28-11-22-39-26-28)41-24-21-37-18-5-6-19-37/h11,22,26-27,29-31,38H,3-10,12-21,23-25H2,1-2H3/t27?,29?,30-,31-,32+,33+,34-,35?/m1/s1. The van der Waals surface area contributed by atoms with Gasteiger partial charge in [-0.1, -0.05) is 13.8 Å². The Balaban J connectivity index is 1.06. The second-order valence-corrected chi connectivity index (χ2v) is 15.3. The molecule has 0 amide bonds. The van der Waals surface area contributed by atoms with Gasteiger partial charge >= 0.3 is 0 Å². The van der Waals surface area contributed by atoms with Crippen molar-refractivity contribution in [2.75, 3.05) is 52.5 Å². The van der Waals surface area contributed by atoms with E-state index in [1.807, 2.05) is 6.26 Å². The summed E-state index contributed by atoms with van der Waals surface area (Å²) in [4.78, 5) is 5.11. The van der Waals surface area contributed by atoms with Crippen LogP contribution in [0.25, 0.3) is 0 Å². The third kappa shape index (κ3) is 4.69. The third-order valence-corrected chi connectivity index (χ3v) is 13.8. The zero-order valence-corrected chi connectivity index (χ0v) is 26.0. The van der Waals surface area contributed by atoms with Gasteiger partial charge in [-0.25, -0.2) is 0 Å². The second kappa shape index (κ2) is 11.2. The van der Waals surface area contributed by atoms with E-state index in [4.69, 9.17) is 13.9 Å². The van der Waals surface area contributed by atoms with Gasteiger partial charge in [0.2, 0.25) is 0 Å². The Morgan fingerprint density at radius 1 is 0.854 bits per heavy atom. The van der Waals surface area contributed by atoms with Crippen molar-refractivity contribution in [2.45, 2.75) is 115 Å². The molecular formula is C35H56N2O4. The van der Waals surface area contributed by atoms with Crippen molar-refractivity contribution in [3.63, 3.8) is 0 Å². The van der Waals surface area contributed by atoms with Crippen molar-refractivity contribution < 1.29 is 19.0 Å². The number of aliphatic hydroxyl groups is 1. The van der Waals surface area contributed by atoms with E-state index in [1.54, 1.807) is 6.26 Å². The van der Waals surface area contributed by atoms with Gasteiger partial charge in [-0.05, 0) is 139 Å². The maximum Gasteiger partial charge on any atom is 0.104 e. The van der Waals surface area contributed by atoms with Gasteiger partial charge < -0.3 is 28.8 Å². The van der Waals surface area contributed by atoms with Gasteiger partial charge in [0.1, 0.15) is 5.60 Å². The van der Waals surface area contributed by atoms with Crippen LogP contribution in [0.1, 0.15) is 103 Å². The first-order valence-corrected chi connectivity index (χ1v) is 17.3. The average Bonchev–Trinajstić information content (AvgIpc) is 3.79. The summed E-state index contributed by atoms with van der Waals surface area (Å²) in [5.74, 6) is 1.67. The second-order valence-electron chi connectivity index (χ2n) is 15.3. The van der Waals surface area contributed by atoms with Crippen molar-refractivity contribution >= 4 is 0 Å². The van der Waals surface area contributed by atoms with E-state index in [9.17, 15) is 5.11 Å². The van der Waals surface area contributed by atoms with E-state index in [1.165, 1.54) is 84.0 Å². The van der Waals surface area contributed by atoms with Gasteiger partial charge in [-0.3, -0.25) is 0 Å². The molecule has 0 spiro atoms. The van der Waals surface area contributed by atoms with Crippen molar-refractivity contribution in [3.8, 4) is 0 Å². The Bertz CT molecular complexity index is 1020. The summed E-state index contributed by atoms with van der Waals surface area (Å²) in [5, 5.41) is 12.9. The van der Waals surface area contributed by atoms with Gasteiger partial charge in [0.05, 0.1) is 37.4 Å². The predicted octanol–water partition coefficient (Wildman–Crippen LogP) is 6.23. The molecule has 6 nitrogen and oxygen atoms in total. The molecular weight excluding hydrogens is 512 g/mol. The highest BCUT2D eigenvalue weighted by molar-refractivity contribution is 5.31. The van der Waals surface area contributed by atoms with E-state index < -0.39 is 11.2 Å². The molecule has 0 radical (unpaired) electrons. The molecule has 0 aromatic carbocycles. The molecule has 4 aliphatic carbocycles. The lowest BCUT2D eigenvalue weighted by molar-refractivity contribution is -0.249. The van der Waals surface area contributed by atoms with Crippen LogP contribution in [0.15, 0.2) is 23.0 Å². The van der Waals surface area contributed by atoms with Crippen molar-refractivity contribution in [2.24, 2.45) is 28.6 Å². The number of rotatable bonds is 9. The molecule has 7 rings (SSSR count). The summed E-state index contributed by atoms with van der Waals surface area (Å²) < 4.78 is 19.2. The van der Waals surface area contributed by atoms with Gasteiger partial charge in [-0.15, -0.1) is 0 Å². The Morgan fingerprint density at radius 3 is 2.29 bits per heavy atom. The Labute approximate surface area is 248 Å². The van der Waals surface area contributed by atoms with Gasteiger partial charge in [0, 0.05) is 24.1 Å². The Morgan fingerprint density at radius 2 is 1.59 bits per heavy atom. The van der Waals surface area contributed by atoms with Gasteiger partial charge in [0.25, 0.3) is 0 Å². The van der Waals surface area contributed by atoms with Crippen LogP contribution in [-0.4, -0.2) is 79.1 Å². The minimum Gasteiger partial charge on any atom is -0.472 e. The minimum atomic E-state index is -0.697. The van der Waals surface area contributed by atoms with Gasteiger partial charge in [-0.2, -0.15) is 0 Å². The molecule has 3 heterocycles. The highest BCUT2D eigenvalue weighted by Crippen LogP contribution is 2.72. The van der Waals surface area contributed by atoms with Crippen LogP contribution in [0.2, 0.25) is 0 Å². The van der Waals surface area contributed by atoms with Crippen molar-refractivity contribution in [1.29, 1.82) is 0 Å². The smallest absolute Gasteiger partial charge is 0.104 e. The number of hydrogen-bond donors (Lipinski definition) is 1. The normalized spacial score (nSPS) is 45.0. The first-order chi connectivity index (χ1) is 19.9. The first-order valence-electron chi connectivity index (χ1n) is 17.3. The number of furan rings is 1. The quantitative estimate of drug-likeness (QED) is 0.381. The summed E-state index contributed by atoms with van der Waals surface area (Å²) in [6, 6.07) is 2.11. The Kier molecular flexibility index (Phi) is 7.89. The van der Waals surface area contributed by atoms with Crippen LogP contribution in [-0.2, 0) is 15.1 Å². The molecule has 1 aromatic heterocycles. The minimum absolute atomic E-state index is 0.310. The molecule has 6 fully saturated rings. The number of nitrogens with zero attached hydrogens (tertiary/aromatic N) is 2. The number of hydrogen-bond acceptors (Lipinski definition) is 6. The van der Waals surface area contributed by atoms with Crippen LogP contribution in [0.5, 0.6) is 0 Å². The van der Waals surface area contributed by atoms with E-state index in [-0.39, 0.29) is 5.41 Å². The topological polar surface area (TPSA) is 58.3 Å². The average molecular weight is 569 g/mol. The fraction of sp³-hybridized carbons (Fsp3) is 0.886. The number of fused-ring (bicyclic) bond motifs is 5. The van der Waals surface area contributed by atoms with Crippen molar-refractivity contribution in [3.05, 3.63) is 24.2 Å². The molecule has 1 aromatic rings. The fourth-order valence-electron chi connectivity index (χ4n) is 11.3. The lowest BCUT2D eigenvalue weighted by Gasteiger charge is -2.64. The summed E-state index contributed by atoms with van der Waals surface area (Å²) in [5.41, 5.74) is -0.0283. The number of likely N-dealkylation sites (tertiary alicyclic amines) is 2. The zero-order chi connectivity index (χ0) is 28.1. The van der Waals surface area contributed by atoms with Gasteiger partial charge in [0.15, 0.2) is 0 Å². The lowest BCUT2D eigenvalue weighted by Crippen LogP contribution is -2.65. The molecule has 6 aliphatic rings. The summed E-state index contributed by atoms with van der Waals surface area (Å²) >= 11 is 0. The molecule has 230 valence electrons. The SMILES string of the molecule is C[C@]12CCC(OCCN3CCCC3)CC1CC[C@@H]1[C@H]2CC[C@]2(C)C(OCCN3CCCC3)(c3ccoc3)CC[C@@]12O. The molecule has 3 unspecified atom stereocenters. The molecule has 1 N–H and O–H groups in total. The van der Waals surface area contributed by atoms with Crippen LogP contribution >= 0.6 is 0 Å².